The fourth-order valence-electron chi connectivity index (χ4n) is 4.11. The van der Waals surface area contributed by atoms with Crippen LogP contribution in [0, 0.1) is 5.82 Å². The summed E-state index contributed by atoms with van der Waals surface area (Å²) in [6.07, 6.45) is 1.62. The summed E-state index contributed by atoms with van der Waals surface area (Å²) in [6, 6.07) is 14.4. The summed E-state index contributed by atoms with van der Waals surface area (Å²) in [6.45, 7) is 5.38. The molecule has 3 aromatic carbocycles. The molecule has 1 atom stereocenters. The Labute approximate surface area is 256 Å². The first-order chi connectivity index (χ1) is 20.0. The third-order valence-corrected chi connectivity index (χ3v) is 9.00. The second-order valence-electron chi connectivity index (χ2n) is 9.43. The van der Waals surface area contributed by atoms with Crippen LogP contribution in [-0.4, -0.2) is 50.9 Å². The molecule has 0 saturated carbocycles. The zero-order chi connectivity index (χ0) is 30.9. The topological polar surface area (TPSA) is 96.0 Å². The maximum Gasteiger partial charge on any atom is 0.264 e. The Morgan fingerprint density at radius 3 is 2.17 bits per heavy atom. The van der Waals surface area contributed by atoms with Crippen molar-refractivity contribution in [3.63, 3.8) is 0 Å². The van der Waals surface area contributed by atoms with Crippen LogP contribution in [0.1, 0.15) is 39.2 Å². The molecule has 3 aromatic rings. The Hall–Kier alpha value is -3.34. The minimum Gasteiger partial charge on any atom is -0.494 e. The molecule has 0 radical (unpaired) electrons. The molecule has 1 unspecified atom stereocenters. The van der Waals surface area contributed by atoms with Crippen molar-refractivity contribution in [2.45, 2.75) is 51.1 Å². The summed E-state index contributed by atoms with van der Waals surface area (Å²) in [7, 11) is -4.35. The summed E-state index contributed by atoms with van der Waals surface area (Å²) >= 11 is 12.8. The first-order valence-corrected chi connectivity index (χ1v) is 15.7. The number of hydrogen-bond acceptors (Lipinski definition) is 5. The quantitative estimate of drug-likeness (QED) is 0.217. The molecule has 0 aliphatic carbocycles. The van der Waals surface area contributed by atoms with E-state index in [2.05, 4.69) is 5.32 Å². The van der Waals surface area contributed by atoms with E-state index in [0.717, 1.165) is 41.4 Å². The maximum atomic E-state index is 14.0. The molecule has 2 amide bonds. The Kier molecular flexibility index (Phi) is 12.0. The van der Waals surface area contributed by atoms with Gasteiger partial charge in [-0.2, -0.15) is 0 Å². The third kappa shape index (κ3) is 8.36. The lowest BCUT2D eigenvalue weighted by Crippen LogP contribution is -2.51. The first-order valence-electron chi connectivity index (χ1n) is 13.5. The fraction of sp³-hybridized carbons (Fsp3) is 0.333. The van der Waals surface area contributed by atoms with Crippen LogP contribution < -0.4 is 14.4 Å². The minimum absolute atomic E-state index is 0.145. The van der Waals surface area contributed by atoms with E-state index >= 15 is 0 Å². The van der Waals surface area contributed by atoms with Crippen molar-refractivity contribution in [3.8, 4) is 5.75 Å². The SMILES string of the molecule is CCCCNC(=O)C(C)N(Cc1c(Cl)cccc1Cl)C(=O)CN(c1ccc(OCC)cc1)S(=O)(=O)c1ccc(F)cc1. The van der Waals surface area contributed by atoms with E-state index in [1.54, 1.807) is 37.3 Å². The molecule has 0 bridgehead atoms. The van der Waals surface area contributed by atoms with Crippen LogP contribution in [0.3, 0.4) is 0 Å². The van der Waals surface area contributed by atoms with Crippen molar-refractivity contribution in [3.05, 3.63) is 88.2 Å². The maximum absolute atomic E-state index is 14.0. The molecular formula is C30H34Cl2FN3O5S. The highest BCUT2D eigenvalue weighted by Gasteiger charge is 2.33. The highest BCUT2D eigenvalue weighted by Crippen LogP contribution is 2.29. The summed E-state index contributed by atoms with van der Waals surface area (Å²) in [5.74, 6) is -1.18. The molecule has 12 heteroatoms. The molecule has 1 N–H and O–H groups in total. The van der Waals surface area contributed by atoms with Gasteiger partial charge in [0.2, 0.25) is 11.8 Å². The molecule has 0 aliphatic heterocycles. The number of unbranched alkanes of at least 4 members (excludes halogenated alkanes) is 1. The largest absolute Gasteiger partial charge is 0.494 e. The number of nitrogens with one attached hydrogen (secondary N) is 1. The molecule has 0 saturated heterocycles. The molecule has 0 aliphatic rings. The number of carbonyl (C=O) groups is 2. The van der Waals surface area contributed by atoms with E-state index in [1.807, 2.05) is 13.8 Å². The lowest BCUT2D eigenvalue weighted by Gasteiger charge is -2.32. The van der Waals surface area contributed by atoms with Crippen molar-refractivity contribution >= 4 is 50.7 Å². The molecule has 0 fully saturated rings. The van der Waals surface area contributed by atoms with Gasteiger partial charge < -0.3 is 15.0 Å². The average Bonchev–Trinajstić information content (AvgIpc) is 2.96. The van der Waals surface area contributed by atoms with Crippen molar-refractivity contribution in [1.29, 1.82) is 0 Å². The van der Waals surface area contributed by atoms with E-state index < -0.39 is 40.2 Å². The number of rotatable bonds is 14. The molecule has 226 valence electrons. The number of amides is 2. The standard InChI is InChI=1S/C30H34Cl2FN3O5S/c1-4-6-18-34-30(38)21(3)35(19-26-27(31)8-7-9-28(26)32)29(37)20-36(23-12-14-24(15-13-23)41-5-2)42(39,40)25-16-10-22(33)11-17-25/h7-17,21H,4-6,18-20H2,1-3H3,(H,34,38). The van der Waals surface area contributed by atoms with Crippen LogP contribution in [0.5, 0.6) is 5.75 Å². The van der Waals surface area contributed by atoms with Gasteiger partial charge in [0.15, 0.2) is 0 Å². The van der Waals surface area contributed by atoms with Gasteiger partial charge in [-0.15, -0.1) is 0 Å². The van der Waals surface area contributed by atoms with Crippen LogP contribution in [-0.2, 0) is 26.2 Å². The van der Waals surface area contributed by atoms with Crippen LogP contribution in [0.4, 0.5) is 10.1 Å². The minimum atomic E-state index is -4.35. The van der Waals surface area contributed by atoms with Gasteiger partial charge in [0, 0.05) is 28.7 Å². The number of sulfonamides is 1. The van der Waals surface area contributed by atoms with Gasteiger partial charge in [0.1, 0.15) is 24.2 Å². The van der Waals surface area contributed by atoms with E-state index in [0.29, 0.717) is 34.5 Å². The summed E-state index contributed by atoms with van der Waals surface area (Å²) < 4.78 is 47.7. The number of halogens is 3. The van der Waals surface area contributed by atoms with Gasteiger partial charge in [-0.25, -0.2) is 12.8 Å². The van der Waals surface area contributed by atoms with Gasteiger partial charge in [-0.3, -0.25) is 13.9 Å². The van der Waals surface area contributed by atoms with E-state index in [-0.39, 0.29) is 17.1 Å². The lowest BCUT2D eigenvalue weighted by atomic mass is 10.1. The molecule has 0 heterocycles. The average molecular weight is 639 g/mol. The van der Waals surface area contributed by atoms with Crippen LogP contribution in [0.2, 0.25) is 10.0 Å². The Balaban J connectivity index is 2.04. The molecule has 3 rings (SSSR count). The number of nitrogens with zero attached hydrogens (tertiary/aromatic N) is 2. The molecule has 8 nitrogen and oxygen atoms in total. The normalized spacial score (nSPS) is 12.0. The lowest BCUT2D eigenvalue weighted by molar-refractivity contribution is -0.139. The van der Waals surface area contributed by atoms with Gasteiger partial charge in [0.05, 0.1) is 17.2 Å². The van der Waals surface area contributed by atoms with Gasteiger partial charge in [-0.05, 0) is 80.9 Å². The number of carbonyl (C=O) groups excluding carboxylic acids is 2. The molecular weight excluding hydrogens is 604 g/mol. The second-order valence-corrected chi connectivity index (χ2v) is 12.1. The number of anilines is 1. The predicted octanol–water partition coefficient (Wildman–Crippen LogP) is 6.06. The highest BCUT2D eigenvalue weighted by molar-refractivity contribution is 7.92. The van der Waals surface area contributed by atoms with Gasteiger partial charge in [0.25, 0.3) is 10.0 Å². The molecule has 0 spiro atoms. The van der Waals surface area contributed by atoms with Crippen molar-refractivity contribution < 1.29 is 27.1 Å². The van der Waals surface area contributed by atoms with Crippen LogP contribution in [0.15, 0.2) is 71.6 Å². The van der Waals surface area contributed by atoms with E-state index in [9.17, 15) is 22.4 Å². The Bertz CT molecular complexity index is 1450. The van der Waals surface area contributed by atoms with Crippen molar-refractivity contribution in [1.82, 2.24) is 10.2 Å². The summed E-state index contributed by atoms with van der Waals surface area (Å²) in [4.78, 5) is 28.1. The number of benzene rings is 3. The Morgan fingerprint density at radius 1 is 0.976 bits per heavy atom. The molecule has 0 aromatic heterocycles. The van der Waals surface area contributed by atoms with Crippen molar-refractivity contribution in [2.24, 2.45) is 0 Å². The van der Waals surface area contributed by atoms with Crippen molar-refractivity contribution in [2.75, 3.05) is 24.0 Å². The zero-order valence-corrected chi connectivity index (χ0v) is 26.0. The van der Waals surface area contributed by atoms with E-state index in [1.165, 1.54) is 17.0 Å². The predicted molar refractivity (Wildman–Crippen MR) is 163 cm³/mol. The first kappa shape index (κ1) is 33.2. The smallest absolute Gasteiger partial charge is 0.264 e. The second kappa shape index (κ2) is 15.2. The summed E-state index contributed by atoms with van der Waals surface area (Å²) in [5, 5.41) is 3.40. The fourth-order valence-corrected chi connectivity index (χ4v) is 6.04. The van der Waals surface area contributed by atoms with Crippen LogP contribution in [0.25, 0.3) is 0 Å². The third-order valence-electron chi connectivity index (χ3n) is 6.50. The zero-order valence-electron chi connectivity index (χ0n) is 23.6. The van der Waals surface area contributed by atoms with E-state index in [4.69, 9.17) is 27.9 Å². The van der Waals surface area contributed by atoms with Gasteiger partial charge >= 0.3 is 0 Å². The van der Waals surface area contributed by atoms with Crippen LogP contribution >= 0.6 is 23.2 Å². The number of ether oxygens (including phenoxy) is 1. The monoisotopic (exact) mass is 637 g/mol. The Morgan fingerprint density at radius 2 is 1.60 bits per heavy atom. The van der Waals surface area contributed by atoms with Gasteiger partial charge in [-0.1, -0.05) is 42.6 Å². The summed E-state index contributed by atoms with van der Waals surface area (Å²) in [5.41, 5.74) is 0.586. The molecule has 42 heavy (non-hydrogen) atoms. The highest BCUT2D eigenvalue weighted by atomic mass is 35.5. The number of hydrogen-bond donors (Lipinski definition) is 1.